The standard InChI is InChI=1S/C29H33F2N5O/c1-21(29(31)10-15-34(16-11-29)19-22-9-17-37-20-22)35-13-7-24(8-14-35)36-27-6-5-23(30)18-26(27)33-28(36)25-4-2-3-12-32-25/h2-6,9,12,17,20,24,26H,1,7-8,10-11,13-16,18-19H2. The highest BCUT2D eigenvalue weighted by Crippen LogP contribution is 2.39. The number of rotatable bonds is 6. The van der Waals surface area contributed by atoms with Gasteiger partial charge in [-0.05, 0) is 56.0 Å². The third kappa shape index (κ3) is 4.75. The number of hydrogen-bond acceptors (Lipinski definition) is 6. The van der Waals surface area contributed by atoms with Gasteiger partial charge in [0.25, 0.3) is 0 Å². The molecule has 0 N–H and O–H groups in total. The molecule has 0 saturated carbocycles. The number of aliphatic imine (C=N–C) groups is 1. The van der Waals surface area contributed by atoms with Crippen LogP contribution in [0.5, 0.6) is 0 Å². The van der Waals surface area contributed by atoms with Gasteiger partial charge >= 0.3 is 0 Å². The first-order chi connectivity index (χ1) is 18.0. The molecule has 2 saturated heterocycles. The van der Waals surface area contributed by atoms with Crippen LogP contribution in [0.25, 0.3) is 0 Å². The van der Waals surface area contributed by atoms with Crippen LogP contribution >= 0.6 is 0 Å². The Labute approximate surface area is 216 Å². The maximum absolute atomic E-state index is 16.1. The molecule has 1 unspecified atom stereocenters. The van der Waals surface area contributed by atoms with Crippen molar-refractivity contribution in [2.45, 2.75) is 56.4 Å². The number of aromatic nitrogens is 1. The summed E-state index contributed by atoms with van der Waals surface area (Å²) in [6.07, 6.45) is 11.5. The molecular formula is C29H33F2N5O. The van der Waals surface area contributed by atoms with Crippen molar-refractivity contribution >= 4 is 5.84 Å². The predicted molar refractivity (Wildman–Crippen MR) is 139 cm³/mol. The number of amidine groups is 1. The van der Waals surface area contributed by atoms with E-state index < -0.39 is 5.67 Å². The van der Waals surface area contributed by atoms with E-state index in [0.717, 1.165) is 55.3 Å². The van der Waals surface area contributed by atoms with E-state index >= 15 is 4.39 Å². The molecule has 8 heteroatoms. The number of allylic oxidation sites excluding steroid dienone is 3. The van der Waals surface area contributed by atoms with Crippen LogP contribution in [0, 0.1) is 0 Å². The summed E-state index contributed by atoms with van der Waals surface area (Å²) in [5.41, 5.74) is 2.21. The van der Waals surface area contributed by atoms with Gasteiger partial charge in [0.05, 0.1) is 18.6 Å². The first kappa shape index (κ1) is 24.1. The van der Waals surface area contributed by atoms with Crippen LogP contribution in [0.1, 0.15) is 43.4 Å². The van der Waals surface area contributed by atoms with Crippen LogP contribution in [0.4, 0.5) is 8.78 Å². The number of pyridine rings is 1. The zero-order valence-corrected chi connectivity index (χ0v) is 21.0. The van der Waals surface area contributed by atoms with E-state index in [4.69, 9.17) is 9.41 Å². The lowest BCUT2D eigenvalue weighted by Crippen LogP contribution is -2.50. The van der Waals surface area contributed by atoms with Crippen LogP contribution in [0.15, 0.2) is 88.4 Å². The Kier molecular flexibility index (Phi) is 6.44. The Hall–Kier alpha value is -3.26. The largest absolute Gasteiger partial charge is 0.472 e. The van der Waals surface area contributed by atoms with Crippen LogP contribution in [-0.2, 0) is 6.54 Å². The Balaban J connectivity index is 1.11. The lowest BCUT2D eigenvalue weighted by Gasteiger charge is -2.45. The van der Waals surface area contributed by atoms with E-state index in [2.05, 4.69) is 26.3 Å². The van der Waals surface area contributed by atoms with Gasteiger partial charge in [-0.2, -0.15) is 0 Å². The number of halogens is 2. The maximum Gasteiger partial charge on any atom is 0.155 e. The monoisotopic (exact) mass is 505 g/mol. The fraction of sp³-hybridized carbons (Fsp3) is 0.448. The van der Waals surface area contributed by atoms with Crippen LogP contribution in [0.3, 0.4) is 0 Å². The molecule has 5 heterocycles. The van der Waals surface area contributed by atoms with E-state index in [9.17, 15) is 4.39 Å². The van der Waals surface area contributed by atoms with E-state index in [1.165, 1.54) is 0 Å². The third-order valence-electron chi connectivity index (χ3n) is 8.21. The van der Waals surface area contributed by atoms with Crippen molar-refractivity contribution in [3.8, 4) is 0 Å². The highest BCUT2D eigenvalue weighted by Gasteiger charge is 2.43. The first-order valence-electron chi connectivity index (χ1n) is 13.2. The molecule has 194 valence electrons. The molecule has 0 radical (unpaired) electrons. The van der Waals surface area contributed by atoms with Crippen molar-refractivity contribution in [2.75, 3.05) is 26.2 Å². The molecule has 3 aliphatic heterocycles. The number of furan rings is 1. The fourth-order valence-electron chi connectivity index (χ4n) is 6.07. The maximum atomic E-state index is 16.1. The summed E-state index contributed by atoms with van der Waals surface area (Å²) in [4.78, 5) is 16.1. The summed E-state index contributed by atoms with van der Waals surface area (Å²) < 4.78 is 35.3. The number of nitrogens with zero attached hydrogens (tertiary/aromatic N) is 5. The van der Waals surface area contributed by atoms with Gasteiger partial charge in [-0.3, -0.25) is 14.9 Å². The minimum atomic E-state index is -1.37. The molecule has 2 aromatic rings. The van der Waals surface area contributed by atoms with Crippen molar-refractivity contribution in [1.82, 2.24) is 19.7 Å². The summed E-state index contributed by atoms with van der Waals surface area (Å²) in [7, 11) is 0. The Morgan fingerprint density at radius 2 is 1.92 bits per heavy atom. The molecule has 6 rings (SSSR count). The molecule has 2 aromatic heterocycles. The molecule has 0 spiro atoms. The van der Waals surface area contributed by atoms with Gasteiger partial charge in [0.1, 0.15) is 11.5 Å². The number of alkyl halides is 1. The smallest absolute Gasteiger partial charge is 0.155 e. The Morgan fingerprint density at radius 1 is 1.11 bits per heavy atom. The van der Waals surface area contributed by atoms with Crippen molar-refractivity contribution in [3.05, 3.63) is 90.2 Å². The van der Waals surface area contributed by atoms with Crippen molar-refractivity contribution in [1.29, 1.82) is 0 Å². The van der Waals surface area contributed by atoms with E-state index in [1.807, 2.05) is 30.3 Å². The number of likely N-dealkylation sites (tertiary alicyclic amines) is 2. The Morgan fingerprint density at radius 3 is 2.62 bits per heavy atom. The predicted octanol–water partition coefficient (Wildman–Crippen LogP) is 5.23. The van der Waals surface area contributed by atoms with E-state index in [0.29, 0.717) is 31.6 Å². The zero-order valence-electron chi connectivity index (χ0n) is 21.0. The molecule has 0 aromatic carbocycles. The second-order valence-electron chi connectivity index (χ2n) is 10.5. The zero-order chi connectivity index (χ0) is 25.4. The highest BCUT2D eigenvalue weighted by molar-refractivity contribution is 6.00. The number of piperidine rings is 2. The minimum Gasteiger partial charge on any atom is -0.472 e. The van der Waals surface area contributed by atoms with Gasteiger partial charge < -0.3 is 14.2 Å². The summed E-state index contributed by atoms with van der Waals surface area (Å²) in [6, 6.07) is 7.74. The normalized spacial score (nSPS) is 24.4. The Bertz CT molecular complexity index is 1210. The average Bonchev–Trinajstić information content (AvgIpc) is 3.58. The summed E-state index contributed by atoms with van der Waals surface area (Å²) in [6.45, 7) is 7.91. The molecule has 0 bridgehead atoms. The quantitative estimate of drug-likeness (QED) is 0.538. The molecule has 2 fully saturated rings. The molecule has 1 aliphatic carbocycles. The van der Waals surface area contributed by atoms with Crippen molar-refractivity contribution in [3.63, 3.8) is 0 Å². The minimum absolute atomic E-state index is 0.144. The summed E-state index contributed by atoms with van der Waals surface area (Å²) >= 11 is 0. The lowest BCUT2D eigenvalue weighted by molar-refractivity contribution is 0.0511. The van der Waals surface area contributed by atoms with Crippen molar-refractivity contribution in [2.24, 2.45) is 4.99 Å². The second-order valence-corrected chi connectivity index (χ2v) is 10.5. The third-order valence-corrected chi connectivity index (χ3v) is 8.21. The molecule has 4 aliphatic rings. The molecule has 1 atom stereocenters. The van der Waals surface area contributed by atoms with Gasteiger partial charge in [0, 0.05) is 68.3 Å². The van der Waals surface area contributed by atoms with Gasteiger partial charge in [-0.15, -0.1) is 0 Å². The van der Waals surface area contributed by atoms with E-state index in [1.54, 1.807) is 24.8 Å². The second kappa shape index (κ2) is 9.89. The lowest BCUT2D eigenvalue weighted by atomic mass is 9.88. The molecule has 0 amide bonds. The van der Waals surface area contributed by atoms with Gasteiger partial charge in [0.2, 0.25) is 0 Å². The topological polar surface area (TPSA) is 48.1 Å². The van der Waals surface area contributed by atoms with Gasteiger partial charge in [0.15, 0.2) is 11.5 Å². The van der Waals surface area contributed by atoms with Gasteiger partial charge in [-0.1, -0.05) is 12.6 Å². The van der Waals surface area contributed by atoms with Crippen LogP contribution in [-0.4, -0.2) is 69.5 Å². The molecule has 6 nitrogen and oxygen atoms in total. The van der Waals surface area contributed by atoms with Crippen LogP contribution < -0.4 is 0 Å². The van der Waals surface area contributed by atoms with E-state index in [-0.39, 0.29) is 24.3 Å². The fourth-order valence-corrected chi connectivity index (χ4v) is 6.07. The molecule has 37 heavy (non-hydrogen) atoms. The van der Waals surface area contributed by atoms with Crippen LogP contribution in [0.2, 0.25) is 0 Å². The SMILES string of the molecule is C=C(N1CCC(N2C3=CC=C(F)CC3N=C2c2ccccn2)CC1)C1(F)CCN(Cc2ccoc2)CC1. The summed E-state index contributed by atoms with van der Waals surface area (Å²) in [5, 5.41) is 0. The summed E-state index contributed by atoms with van der Waals surface area (Å²) in [5.74, 6) is 0.666. The number of hydrogen-bond donors (Lipinski definition) is 0. The average molecular weight is 506 g/mol. The molecular weight excluding hydrogens is 472 g/mol. The number of fused-ring (bicyclic) bond motifs is 1. The highest BCUT2D eigenvalue weighted by atomic mass is 19.1. The van der Waals surface area contributed by atoms with Gasteiger partial charge in [-0.25, -0.2) is 8.78 Å². The first-order valence-corrected chi connectivity index (χ1v) is 13.2. The van der Waals surface area contributed by atoms with Crippen molar-refractivity contribution < 1.29 is 13.2 Å².